The number of hydrogen-bond acceptors (Lipinski definition) is 4. The number of nitrogens with two attached hydrogens (primary N) is 1. The molecule has 0 aliphatic carbocycles. The number of nitrogens with zero attached hydrogens (tertiary/aromatic N) is 1. The number of nitrogens with one attached hydrogen (secondary N) is 1. The third-order valence-electron chi connectivity index (χ3n) is 4.40. The molecule has 0 spiro atoms. The van der Waals surface area contributed by atoms with Crippen molar-refractivity contribution < 1.29 is 14.3 Å². The lowest BCUT2D eigenvalue weighted by atomic mass is 10.0. The third kappa shape index (κ3) is 3.98. The van der Waals surface area contributed by atoms with E-state index in [1.807, 2.05) is 29.2 Å². The lowest BCUT2D eigenvalue weighted by molar-refractivity contribution is 0.0631. The first-order valence-electron chi connectivity index (χ1n) is 8.16. The molecule has 1 fully saturated rings. The molecule has 1 saturated heterocycles. The Morgan fingerprint density at radius 3 is 2.62 bits per heavy atom. The van der Waals surface area contributed by atoms with Crippen molar-refractivity contribution in [3.05, 3.63) is 65.2 Å². The molecule has 1 aliphatic rings. The van der Waals surface area contributed by atoms with Gasteiger partial charge in [-0.1, -0.05) is 24.3 Å². The molecule has 2 amide bonds. The van der Waals surface area contributed by atoms with Crippen LogP contribution >= 0.6 is 12.4 Å². The Kier molecular flexibility index (Phi) is 6.60. The standard InChI is InChI=1S/C19H21N3O3.ClH/c1-25-17-8-3-2-7-15(17)16-12-21-9-10-22(16)19(24)14-6-4-5-13(11-14)18(20)23;/h2-8,11,16,21H,9-10,12H2,1H3,(H2,20,23);1H. The summed E-state index contributed by atoms with van der Waals surface area (Å²) in [5.41, 5.74) is 7.07. The molecule has 1 unspecified atom stereocenters. The molecule has 1 heterocycles. The molecule has 0 saturated carbocycles. The molecular formula is C19H22ClN3O3. The molecule has 1 aliphatic heterocycles. The van der Waals surface area contributed by atoms with E-state index >= 15 is 0 Å². The Labute approximate surface area is 158 Å². The van der Waals surface area contributed by atoms with Crippen LogP contribution in [0.4, 0.5) is 0 Å². The Morgan fingerprint density at radius 2 is 1.88 bits per heavy atom. The zero-order chi connectivity index (χ0) is 17.8. The van der Waals surface area contributed by atoms with Crippen LogP contribution in [0.5, 0.6) is 5.75 Å². The van der Waals surface area contributed by atoms with Crippen molar-refractivity contribution in [1.29, 1.82) is 0 Å². The number of carbonyl (C=O) groups excluding carboxylic acids is 2. The van der Waals surface area contributed by atoms with E-state index in [4.69, 9.17) is 10.5 Å². The van der Waals surface area contributed by atoms with Crippen LogP contribution in [-0.2, 0) is 0 Å². The normalized spacial score (nSPS) is 16.5. The topological polar surface area (TPSA) is 84.7 Å². The highest BCUT2D eigenvalue weighted by Gasteiger charge is 2.30. The second kappa shape index (κ2) is 8.69. The molecule has 7 heteroatoms. The van der Waals surface area contributed by atoms with Gasteiger partial charge in [0, 0.05) is 36.3 Å². The van der Waals surface area contributed by atoms with Gasteiger partial charge in [0.25, 0.3) is 5.91 Å². The zero-order valence-corrected chi connectivity index (χ0v) is 15.3. The van der Waals surface area contributed by atoms with Crippen molar-refractivity contribution in [3.8, 4) is 5.75 Å². The highest BCUT2D eigenvalue weighted by molar-refractivity contribution is 5.99. The Balaban J connectivity index is 0.00000243. The molecule has 2 aromatic rings. The molecule has 0 bridgehead atoms. The Hall–Kier alpha value is -2.57. The average Bonchev–Trinajstić information content (AvgIpc) is 2.67. The van der Waals surface area contributed by atoms with E-state index in [0.29, 0.717) is 30.8 Å². The minimum absolute atomic E-state index is 0. The predicted octanol–water partition coefficient (Wildman–Crippen LogP) is 2.00. The van der Waals surface area contributed by atoms with Gasteiger partial charge in [0.1, 0.15) is 5.75 Å². The van der Waals surface area contributed by atoms with Gasteiger partial charge in [-0.25, -0.2) is 0 Å². The van der Waals surface area contributed by atoms with Crippen LogP contribution < -0.4 is 15.8 Å². The van der Waals surface area contributed by atoms with Crippen molar-refractivity contribution >= 4 is 24.2 Å². The van der Waals surface area contributed by atoms with Crippen LogP contribution in [0.3, 0.4) is 0 Å². The number of methoxy groups -OCH3 is 1. The summed E-state index contributed by atoms with van der Waals surface area (Å²) in [6.45, 7) is 1.93. The molecule has 0 radical (unpaired) electrons. The quantitative estimate of drug-likeness (QED) is 0.856. The molecule has 0 aromatic heterocycles. The van der Waals surface area contributed by atoms with E-state index in [-0.39, 0.29) is 24.4 Å². The number of piperazine rings is 1. The summed E-state index contributed by atoms with van der Waals surface area (Å²) < 4.78 is 5.46. The van der Waals surface area contributed by atoms with Crippen molar-refractivity contribution in [3.63, 3.8) is 0 Å². The largest absolute Gasteiger partial charge is 0.496 e. The number of amides is 2. The number of ether oxygens (including phenoxy) is 1. The van der Waals surface area contributed by atoms with Crippen LogP contribution in [-0.4, -0.2) is 43.5 Å². The summed E-state index contributed by atoms with van der Waals surface area (Å²) >= 11 is 0. The van der Waals surface area contributed by atoms with Gasteiger partial charge in [-0.15, -0.1) is 12.4 Å². The zero-order valence-electron chi connectivity index (χ0n) is 14.5. The van der Waals surface area contributed by atoms with Crippen LogP contribution in [0.1, 0.15) is 32.3 Å². The summed E-state index contributed by atoms with van der Waals surface area (Å²) in [7, 11) is 1.62. The van der Waals surface area contributed by atoms with Crippen molar-refractivity contribution in [2.75, 3.05) is 26.7 Å². The molecule has 26 heavy (non-hydrogen) atoms. The highest BCUT2D eigenvalue weighted by atomic mass is 35.5. The van der Waals surface area contributed by atoms with Gasteiger partial charge in [-0.3, -0.25) is 9.59 Å². The molecule has 2 aromatic carbocycles. The van der Waals surface area contributed by atoms with Gasteiger partial charge in [0.15, 0.2) is 0 Å². The van der Waals surface area contributed by atoms with Gasteiger partial charge in [-0.2, -0.15) is 0 Å². The van der Waals surface area contributed by atoms with Crippen LogP contribution in [0.2, 0.25) is 0 Å². The number of halogens is 1. The fourth-order valence-electron chi connectivity index (χ4n) is 3.14. The molecule has 6 nitrogen and oxygen atoms in total. The fraction of sp³-hybridized carbons (Fsp3) is 0.263. The first-order chi connectivity index (χ1) is 12.1. The molecule has 3 N–H and O–H groups in total. The summed E-state index contributed by atoms with van der Waals surface area (Å²) in [5, 5.41) is 3.33. The summed E-state index contributed by atoms with van der Waals surface area (Å²) in [5.74, 6) is 0.0802. The molecular weight excluding hydrogens is 354 g/mol. The number of carbonyl (C=O) groups is 2. The second-order valence-corrected chi connectivity index (χ2v) is 5.91. The highest BCUT2D eigenvalue weighted by Crippen LogP contribution is 2.31. The maximum Gasteiger partial charge on any atom is 0.254 e. The van der Waals surface area contributed by atoms with Crippen LogP contribution in [0, 0.1) is 0 Å². The fourth-order valence-corrected chi connectivity index (χ4v) is 3.14. The smallest absolute Gasteiger partial charge is 0.254 e. The maximum absolute atomic E-state index is 13.1. The van der Waals surface area contributed by atoms with E-state index in [9.17, 15) is 9.59 Å². The van der Waals surface area contributed by atoms with Gasteiger partial charge in [-0.05, 0) is 24.3 Å². The molecule has 1 atom stereocenters. The second-order valence-electron chi connectivity index (χ2n) is 5.91. The summed E-state index contributed by atoms with van der Waals surface area (Å²) in [6, 6.07) is 14.1. The van der Waals surface area contributed by atoms with Gasteiger partial charge >= 0.3 is 0 Å². The van der Waals surface area contributed by atoms with E-state index in [0.717, 1.165) is 11.3 Å². The number of para-hydroxylation sites is 1. The Morgan fingerprint density at radius 1 is 1.15 bits per heavy atom. The lowest BCUT2D eigenvalue weighted by Gasteiger charge is -2.37. The van der Waals surface area contributed by atoms with E-state index < -0.39 is 5.91 Å². The van der Waals surface area contributed by atoms with Crippen molar-refractivity contribution in [1.82, 2.24) is 10.2 Å². The SMILES string of the molecule is COc1ccccc1C1CNCCN1C(=O)c1cccc(C(N)=O)c1.Cl. The average molecular weight is 376 g/mol. The number of primary amides is 1. The first kappa shape index (κ1) is 19.8. The summed E-state index contributed by atoms with van der Waals surface area (Å²) in [4.78, 5) is 26.3. The van der Waals surface area contributed by atoms with E-state index in [1.165, 1.54) is 0 Å². The van der Waals surface area contributed by atoms with E-state index in [1.54, 1.807) is 31.4 Å². The van der Waals surface area contributed by atoms with Crippen LogP contribution in [0.25, 0.3) is 0 Å². The van der Waals surface area contributed by atoms with Crippen molar-refractivity contribution in [2.24, 2.45) is 5.73 Å². The number of benzene rings is 2. The first-order valence-corrected chi connectivity index (χ1v) is 8.16. The van der Waals surface area contributed by atoms with Gasteiger partial charge < -0.3 is 20.7 Å². The third-order valence-corrected chi connectivity index (χ3v) is 4.40. The summed E-state index contributed by atoms with van der Waals surface area (Å²) in [6.07, 6.45) is 0. The monoisotopic (exact) mass is 375 g/mol. The molecule has 138 valence electrons. The maximum atomic E-state index is 13.1. The Bertz CT molecular complexity index is 797. The van der Waals surface area contributed by atoms with Crippen molar-refractivity contribution in [2.45, 2.75) is 6.04 Å². The number of rotatable bonds is 4. The minimum atomic E-state index is -0.545. The lowest BCUT2D eigenvalue weighted by Crippen LogP contribution is -2.48. The molecule has 3 rings (SSSR count). The van der Waals surface area contributed by atoms with Gasteiger partial charge in [0.2, 0.25) is 5.91 Å². The predicted molar refractivity (Wildman–Crippen MR) is 102 cm³/mol. The van der Waals surface area contributed by atoms with E-state index in [2.05, 4.69) is 5.32 Å². The van der Waals surface area contributed by atoms with Crippen LogP contribution in [0.15, 0.2) is 48.5 Å². The number of hydrogen-bond donors (Lipinski definition) is 2. The van der Waals surface area contributed by atoms with Gasteiger partial charge in [0.05, 0.1) is 13.2 Å². The minimum Gasteiger partial charge on any atom is -0.496 e.